The first kappa shape index (κ1) is 22.3. The molecule has 0 radical (unpaired) electrons. The van der Waals surface area contributed by atoms with Crippen LogP contribution in [0.5, 0.6) is 11.5 Å². The van der Waals surface area contributed by atoms with Gasteiger partial charge in [-0.05, 0) is 59.4 Å². The van der Waals surface area contributed by atoms with E-state index in [0.717, 1.165) is 24.3 Å². The Balaban J connectivity index is 2.52. The summed E-state index contributed by atoms with van der Waals surface area (Å²) in [6.45, 7) is 20.8. The van der Waals surface area contributed by atoms with Crippen molar-refractivity contribution in [1.29, 1.82) is 0 Å². The third-order valence-electron chi connectivity index (χ3n) is 4.96. The molecule has 0 saturated heterocycles. The average molecular weight is 389 g/mol. The van der Waals surface area contributed by atoms with Crippen molar-refractivity contribution in [2.24, 2.45) is 0 Å². The van der Waals surface area contributed by atoms with Gasteiger partial charge >= 0.3 is 0 Å². The van der Waals surface area contributed by atoms with Gasteiger partial charge in [-0.15, -0.1) is 13.2 Å². The van der Waals surface area contributed by atoms with Crippen LogP contribution < -0.4 is 9.47 Å². The summed E-state index contributed by atoms with van der Waals surface area (Å²) in [6, 6.07) is 12.6. The zero-order valence-electron chi connectivity index (χ0n) is 17.7. The zero-order valence-corrected chi connectivity index (χ0v) is 17.7. The molecule has 2 aromatic carbocycles. The van der Waals surface area contributed by atoms with E-state index < -0.39 is 0 Å². The summed E-state index contributed by atoms with van der Waals surface area (Å²) in [6.07, 6.45) is 8.93. The van der Waals surface area contributed by atoms with E-state index >= 15 is 0 Å². The lowest BCUT2D eigenvalue weighted by Gasteiger charge is -2.31. The van der Waals surface area contributed by atoms with E-state index in [2.05, 4.69) is 64.4 Å². The molecule has 0 aromatic heterocycles. The van der Waals surface area contributed by atoms with Gasteiger partial charge in [0.15, 0.2) is 0 Å². The molecule has 0 fully saturated rings. The number of ether oxygens (including phenoxy) is 2. The van der Waals surface area contributed by atoms with Crippen LogP contribution in [-0.2, 0) is 18.3 Å². The van der Waals surface area contributed by atoms with Gasteiger partial charge in [-0.1, -0.05) is 63.4 Å². The second-order valence-electron chi connectivity index (χ2n) is 7.45. The molecule has 2 nitrogen and oxygen atoms in total. The number of hydrogen-bond acceptors (Lipinski definition) is 2. The van der Waals surface area contributed by atoms with Crippen molar-refractivity contribution in [3.8, 4) is 11.5 Å². The molecule has 0 spiro atoms. The molecule has 0 aliphatic heterocycles. The van der Waals surface area contributed by atoms with Gasteiger partial charge in [0.2, 0.25) is 0 Å². The summed E-state index contributed by atoms with van der Waals surface area (Å²) >= 11 is 0. The summed E-state index contributed by atoms with van der Waals surface area (Å²) in [5.74, 6) is 1.70. The molecule has 152 valence electrons. The van der Waals surface area contributed by atoms with Crippen molar-refractivity contribution in [3.63, 3.8) is 0 Å². The molecular weight excluding hydrogens is 356 g/mol. The van der Waals surface area contributed by atoms with Gasteiger partial charge in [0.1, 0.15) is 24.7 Å². The highest BCUT2D eigenvalue weighted by molar-refractivity contribution is 5.50. The molecule has 2 rings (SSSR count). The van der Waals surface area contributed by atoms with Gasteiger partial charge in [0.05, 0.1) is 0 Å². The minimum absolute atomic E-state index is 0.204. The predicted molar refractivity (Wildman–Crippen MR) is 124 cm³/mol. The van der Waals surface area contributed by atoms with Crippen molar-refractivity contribution in [3.05, 3.63) is 109 Å². The Labute approximate surface area is 175 Å². The highest BCUT2D eigenvalue weighted by Gasteiger charge is 2.28. The molecule has 0 aliphatic rings. The summed E-state index contributed by atoms with van der Waals surface area (Å²) in [5.41, 5.74) is 4.73. The maximum atomic E-state index is 5.74. The number of benzene rings is 2. The number of rotatable bonds is 12. The Morgan fingerprint density at radius 1 is 0.690 bits per heavy atom. The zero-order chi connectivity index (χ0) is 21.3. The second kappa shape index (κ2) is 10.5. The Bertz CT molecular complexity index is 803. The molecule has 0 amide bonds. The Morgan fingerprint density at radius 3 is 1.45 bits per heavy atom. The van der Waals surface area contributed by atoms with Crippen molar-refractivity contribution in [2.75, 3.05) is 13.2 Å². The summed E-state index contributed by atoms with van der Waals surface area (Å²) < 4.78 is 11.5. The SMILES string of the molecule is C=CCOc1ccc(C(C)(C)c2ccc(OCC=C)cc2CC=C)c(CC=C)c1. The lowest BCUT2D eigenvalue weighted by atomic mass is 9.73. The van der Waals surface area contributed by atoms with E-state index in [9.17, 15) is 0 Å². The van der Waals surface area contributed by atoms with Crippen LogP contribution in [0.15, 0.2) is 87.0 Å². The maximum absolute atomic E-state index is 5.74. The third-order valence-corrected chi connectivity index (χ3v) is 4.96. The fourth-order valence-corrected chi connectivity index (χ4v) is 3.64. The van der Waals surface area contributed by atoms with Crippen LogP contribution in [-0.4, -0.2) is 13.2 Å². The Kier molecular flexibility index (Phi) is 8.09. The molecule has 0 N–H and O–H groups in total. The van der Waals surface area contributed by atoms with Crippen LogP contribution in [0.4, 0.5) is 0 Å². The second-order valence-corrected chi connectivity index (χ2v) is 7.45. The van der Waals surface area contributed by atoms with Crippen molar-refractivity contribution < 1.29 is 9.47 Å². The molecule has 2 aromatic rings. The van der Waals surface area contributed by atoms with E-state index in [-0.39, 0.29) is 5.41 Å². The third kappa shape index (κ3) is 5.51. The number of allylic oxidation sites excluding steroid dienone is 2. The molecule has 0 bridgehead atoms. The van der Waals surface area contributed by atoms with Crippen LogP contribution in [0.3, 0.4) is 0 Å². The minimum atomic E-state index is -0.204. The molecule has 2 heteroatoms. The van der Waals surface area contributed by atoms with E-state index in [1.165, 1.54) is 22.3 Å². The van der Waals surface area contributed by atoms with Gasteiger partial charge in [0, 0.05) is 5.41 Å². The van der Waals surface area contributed by atoms with Gasteiger partial charge in [-0.2, -0.15) is 0 Å². The van der Waals surface area contributed by atoms with Gasteiger partial charge < -0.3 is 9.47 Å². The monoisotopic (exact) mass is 388 g/mol. The van der Waals surface area contributed by atoms with Crippen LogP contribution in [0.25, 0.3) is 0 Å². The van der Waals surface area contributed by atoms with Crippen LogP contribution in [0.1, 0.15) is 36.1 Å². The lowest BCUT2D eigenvalue weighted by molar-refractivity contribution is 0.362. The lowest BCUT2D eigenvalue weighted by Crippen LogP contribution is -2.23. The van der Waals surface area contributed by atoms with E-state index in [1.807, 2.05) is 24.3 Å². The van der Waals surface area contributed by atoms with Gasteiger partial charge in [-0.3, -0.25) is 0 Å². The highest BCUT2D eigenvalue weighted by Crippen LogP contribution is 2.38. The molecule has 0 saturated carbocycles. The normalized spacial score (nSPS) is 10.8. The largest absolute Gasteiger partial charge is 0.490 e. The first-order valence-electron chi connectivity index (χ1n) is 9.93. The van der Waals surface area contributed by atoms with Gasteiger partial charge in [-0.25, -0.2) is 0 Å². The summed E-state index contributed by atoms with van der Waals surface area (Å²) in [4.78, 5) is 0. The molecule has 0 heterocycles. The van der Waals surface area contributed by atoms with E-state index in [0.29, 0.717) is 13.2 Å². The number of hydrogen-bond donors (Lipinski definition) is 0. The predicted octanol–water partition coefficient (Wildman–Crippen LogP) is 6.60. The van der Waals surface area contributed by atoms with Crippen LogP contribution in [0.2, 0.25) is 0 Å². The summed E-state index contributed by atoms with van der Waals surface area (Å²) in [5, 5.41) is 0. The Hall–Kier alpha value is -3.00. The van der Waals surface area contributed by atoms with Gasteiger partial charge in [0.25, 0.3) is 0 Å². The van der Waals surface area contributed by atoms with Crippen LogP contribution in [0, 0.1) is 0 Å². The first-order valence-corrected chi connectivity index (χ1v) is 9.93. The molecule has 29 heavy (non-hydrogen) atoms. The van der Waals surface area contributed by atoms with Crippen molar-refractivity contribution in [1.82, 2.24) is 0 Å². The fourth-order valence-electron chi connectivity index (χ4n) is 3.64. The molecule has 0 aliphatic carbocycles. The molecular formula is C27H32O2. The smallest absolute Gasteiger partial charge is 0.120 e. The van der Waals surface area contributed by atoms with E-state index in [4.69, 9.17) is 9.47 Å². The highest BCUT2D eigenvalue weighted by atomic mass is 16.5. The minimum Gasteiger partial charge on any atom is -0.490 e. The summed E-state index contributed by atoms with van der Waals surface area (Å²) in [7, 11) is 0. The fraction of sp³-hybridized carbons (Fsp3) is 0.259. The van der Waals surface area contributed by atoms with E-state index in [1.54, 1.807) is 12.2 Å². The topological polar surface area (TPSA) is 18.5 Å². The quantitative estimate of drug-likeness (QED) is 0.381. The molecule has 0 atom stereocenters. The maximum Gasteiger partial charge on any atom is 0.120 e. The standard InChI is InChI=1S/C27H32O2/c1-7-11-21-19-23(28-17-9-3)13-15-25(21)27(5,6)26-16-14-24(29-18-10-4)20-22(26)12-8-2/h7-10,13-16,19-20H,1-4,11-12,17-18H2,5-6H3. The van der Waals surface area contributed by atoms with Crippen LogP contribution >= 0.6 is 0 Å². The van der Waals surface area contributed by atoms with Crippen molar-refractivity contribution in [2.45, 2.75) is 32.1 Å². The molecule has 0 unspecified atom stereocenters. The average Bonchev–Trinajstić information content (AvgIpc) is 2.71. The van der Waals surface area contributed by atoms with Crippen molar-refractivity contribution >= 4 is 0 Å². The Morgan fingerprint density at radius 2 is 1.10 bits per heavy atom. The first-order chi connectivity index (χ1) is 14.0.